The van der Waals surface area contributed by atoms with Crippen molar-refractivity contribution in [3.8, 4) is 22.9 Å². The maximum Gasteiger partial charge on any atom is 0.241 e. The summed E-state index contributed by atoms with van der Waals surface area (Å²) in [6.45, 7) is 5.25. The molecule has 45 heavy (non-hydrogen) atoms. The van der Waals surface area contributed by atoms with E-state index in [9.17, 15) is 22.4 Å². The standard InChI is InChI=1S/C31H31FN6O6S/c1-17(2)35-29(39)16-45(41,42)37-24-14-23-19(13-28(24)43-4)12-25(36-23)30(40)21-15-34-38(31(21)33)26-10-9-20(11-18(26)3)44-27-8-6-5-7-22(27)32/h5-15,17,36-37H,16,33H2,1-4H3,(H,35,39). The van der Waals surface area contributed by atoms with Crippen LogP contribution in [-0.4, -0.2) is 53.8 Å². The van der Waals surface area contributed by atoms with Crippen molar-refractivity contribution in [2.24, 2.45) is 0 Å². The molecule has 0 aliphatic carbocycles. The maximum absolute atomic E-state index is 14.0. The number of carbonyl (C=O) groups excluding carboxylic acids is 2. The van der Waals surface area contributed by atoms with Crippen LogP contribution in [0.3, 0.4) is 0 Å². The van der Waals surface area contributed by atoms with Crippen molar-refractivity contribution >= 4 is 44.1 Å². The number of benzene rings is 3. The Balaban J connectivity index is 1.39. The molecular weight excluding hydrogens is 603 g/mol. The number of nitrogens with two attached hydrogens (primary N) is 1. The molecular formula is C31H31FN6O6S. The number of nitrogen functional groups attached to an aromatic ring is 1. The highest BCUT2D eigenvalue weighted by Crippen LogP contribution is 2.33. The van der Waals surface area contributed by atoms with Gasteiger partial charge < -0.3 is 25.5 Å². The Labute approximate surface area is 258 Å². The van der Waals surface area contributed by atoms with E-state index in [1.807, 2.05) is 0 Å². The maximum atomic E-state index is 14.0. The molecule has 0 atom stereocenters. The van der Waals surface area contributed by atoms with E-state index in [-0.39, 0.29) is 40.3 Å². The van der Waals surface area contributed by atoms with E-state index in [0.29, 0.717) is 27.9 Å². The zero-order valence-corrected chi connectivity index (χ0v) is 25.7. The smallest absolute Gasteiger partial charge is 0.241 e. The Morgan fingerprint density at radius 3 is 2.53 bits per heavy atom. The number of aromatic amines is 1. The summed E-state index contributed by atoms with van der Waals surface area (Å²) in [6, 6.07) is 15.5. The van der Waals surface area contributed by atoms with Gasteiger partial charge in [-0.25, -0.2) is 17.5 Å². The van der Waals surface area contributed by atoms with Crippen molar-refractivity contribution in [3.05, 3.63) is 89.5 Å². The van der Waals surface area contributed by atoms with Crippen LogP contribution in [0.2, 0.25) is 0 Å². The largest absolute Gasteiger partial charge is 0.495 e. The molecule has 0 aliphatic rings. The van der Waals surface area contributed by atoms with Gasteiger partial charge in [-0.2, -0.15) is 5.10 Å². The van der Waals surface area contributed by atoms with Gasteiger partial charge in [0.15, 0.2) is 11.6 Å². The van der Waals surface area contributed by atoms with Crippen molar-refractivity contribution in [3.63, 3.8) is 0 Å². The number of aryl methyl sites for hydroxylation is 1. The fourth-order valence-corrected chi connectivity index (χ4v) is 5.72. The first-order valence-electron chi connectivity index (χ1n) is 13.8. The third kappa shape index (κ3) is 6.75. The molecule has 0 saturated carbocycles. The molecule has 0 unspecified atom stereocenters. The minimum atomic E-state index is -4.06. The van der Waals surface area contributed by atoms with E-state index < -0.39 is 33.3 Å². The number of methoxy groups -OCH3 is 1. The molecule has 5 N–H and O–H groups in total. The van der Waals surface area contributed by atoms with Gasteiger partial charge >= 0.3 is 0 Å². The molecule has 0 bridgehead atoms. The highest BCUT2D eigenvalue weighted by Gasteiger charge is 2.23. The van der Waals surface area contributed by atoms with Crippen LogP contribution in [0.1, 0.15) is 35.5 Å². The molecule has 0 saturated heterocycles. The Kier molecular flexibility index (Phi) is 8.51. The molecule has 0 spiro atoms. The van der Waals surface area contributed by atoms with Crippen LogP contribution in [0.25, 0.3) is 16.6 Å². The number of ether oxygens (including phenoxy) is 2. The monoisotopic (exact) mass is 634 g/mol. The van der Waals surface area contributed by atoms with Crippen LogP contribution in [-0.2, 0) is 14.8 Å². The highest BCUT2D eigenvalue weighted by atomic mass is 32.2. The molecule has 14 heteroatoms. The number of nitrogens with zero attached hydrogens (tertiary/aromatic N) is 2. The number of H-pyrrole nitrogens is 1. The summed E-state index contributed by atoms with van der Waals surface area (Å²) in [7, 11) is -2.69. The summed E-state index contributed by atoms with van der Waals surface area (Å²) < 4.78 is 54.2. The topological polar surface area (TPSA) is 170 Å². The summed E-state index contributed by atoms with van der Waals surface area (Å²) >= 11 is 0. The predicted octanol–water partition coefficient (Wildman–Crippen LogP) is 4.68. The molecule has 5 rings (SSSR count). The zero-order valence-electron chi connectivity index (χ0n) is 24.8. The minimum Gasteiger partial charge on any atom is -0.495 e. The van der Waals surface area contributed by atoms with Gasteiger partial charge in [0.05, 0.1) is 35.9 Å². The van der Waals surface area contributed by atoms with E-state index >= 15 is 0 Å². The molecule has 0 radical (unpaired) electrons. The van der Waals surface area contributed by atoms with Gasteiger partial charge in [-0.3, -0.25) is 14.3 Å². The quantitative estimate of drug-likeness (QED) is 0.152. The average Bonchev–Trinajstić information content (AvgIpc) is 3.55. The van der Waals surface area contributed by atoms with Gasteiger partial charge in [-0.1, -0.05) is 12.1 Å². The number of hydrogen-bond acceptors (Lipinski definition) is 8. The molecule has 2 heterocycles. The van der Waals surface area contributed by atoms with Crippen molar-refractivity contribution in [1.29, 1.82) is 0 Å². The number of fused-ring (bicyclic) bond motifs is 1. The van der Waals surface area contributed by atoms with E-state index in [1.165, 1.54) is 36.2 Å². The molecule has 2 aromatic heterocycles. The number of rotatable bonds is 11. The molecule has 0 aliphatic heterocycles. The van der Waals surface area contributed by atoms with Crippen LogP contribution in [0.4, 0.5) is 15.9 Å². The number of para-hydroxylation sites is 1. The second-order valence-electron chi connectivity index (χ2n) is 10.6. The first kappa shape index (κ1) is 31.1. The first-order valence-corrected chi connectivity index (χ1v) is 15.4. The first-order chi connectivity index (χ1) is 21.3. The van der Waals surface area contributed by atoms with Gasteiger partial charge in [0, 0.05) is 16.9 Å². The molecule has 0 fully saturated rings. The van der Waals surface area contributed by atoms with Crippen LogP contribution in [0.15, 0.2) is 66.9 Å². The fraction of sp³-hybridized carbons (Fsp3) is 0.194. The number of carbonyl (C=O) groups is 2. The number of ketones is 1. The Morgan fingerprint density at radius 1 is 1.09 bits per heavy atom. The lowest BCUT2D eigenvalue weighted by Gasteiger charge is -2.13. The van der Waals surface area contributed by atoms with E-state index in [4.69, 9.17) is 15.2 Å². The third-order valence-electron chi connectivity index (χ3n) is 6.73. The van der Waals surface area contributed by atoms with Crippen molar-refractivity contribution in [2.45, 2.75) is 26.8 Å². The van der Waals surface area contributed by atoms with Crippen molar-refractivity contribution in [1.82, 2.24) is 20.1 Å². The third-order valence-corrected chi connectivity index (χ3v) is 7.91. The lowest BCUT2D eigenvalue weighted by Crippen LogP contribution is -2.36. The number of nitrogens with one attached hydrogen (secondary N) is 3. The van der Waals surface area contributed by atoms with Gasteiger partial charge in [-0.15, -0.1) is 0 Å². The Morgan fingerprint density at radius 2 is 1.84 bits per heavy atom. The average molecular weight is 635 g/mol. The molecule has 3 aromatic carbocycles. The van der Waals surface area contributed by atoms with E-state index in [2.05, 4.69) is 20.1 Å². The molecule has 12 nitrogen and oxygen atoms in total. The summed E-state index contributed by atoms with van der Waals surface area (Å²) in [5, 5.41) is 7.44. The minimum absolute atomic E-state index is 0.0886. The highest BCUT2D eigenvalue weighted by molar-refractivity contribution is 7.93. The van der Waals surface area contributed by atoms with Crippen LogP contribution in [0.5, 0.6) is 17.2 Å². The lowest BCUT2D eigenvalue weighted by atomic mass is 10.1. The van der Waals surface area contributed by atoms with Gasteiger partial charge in [0.1, 0.15) is 23.1 Å². The number of hydrogen-bond donors (Lipinski definition) is 4. The number of amides is 1. The summed E-state index contributed by atoms with van der Waals surface area (Å²) in [5.74, 6) is -1.57. The summed E-state index contributed by atoms with van der Waals surface area (Å²) in [6.07, 6.45) is 1.36. The van der Waals surface area contributed by atoms with E-state index in [1.54, 1.807) is 63.2 Å². The van der Waals surface area contributed by atoms with Gasteiger partial charge in [-0.05, 0) is 74.9 Å². The van der Waals surface area contributed by atoms with Crippen molar-refractivity contribution < 1.29 is 31.9 Å². The summed E-state index contributed by atoms with van der Waals surface area (Å²) in [5.41, 5.74) is 8.54. The molecule has 5 aromatic rings. The molecule has 234 valence electrons. The Hall–Kier alpha value is -5.37. The lowest BCUT2D eigenvalue weighted by molar-refractivity contribution is -0.119. The number of aromatic nitrogens is 3. The van der Waals surface area contributed by atoms with Crippen molar-refractivity contribution in [2.75, 3.05) is 23.3 Å². The van der Waals surface area contributed by atoms with Crippen LogP contribution in [0, 0.1) is 12.7 Å². The van der Waals surface area contributed by atoms with Gasteiger partial charge in [0.2, 0.25) is 21.7 Å². The van der Waals surface area contributed by atoms with Crippen LogP contribution >= 0.6 is 0 Å². The second kappa shape index (κ2) is 12.3. The van der Waals surface area contributed by atoms with Crippen LogP contribution < -0.4 is 25.2 Å². The van der Waals surface area contributed by atoms with E-state index in [0.717, 1.165) is 0 Å². The SMILES string of the molecule is COc1cc2cc(C(=O)c3cnn(-c4ccc(Oc5ccccc5F)cc4C)c3N)[nH]c2cc1NS(=O)(=O)CC(=O)NC(C)C. The fourth-order valence-electron chi connectivity index (χ4n) is 4.72. The van der Waals surface area contributed by atoms with Gasteiger partial charge in [0.25, 0.3) is 0 Å². The number of halogens is 1. The second-order valence-corrected chi connectivity index (χ2v) is 12.3. The normalized spacial score (nSPS) is 11.5. The Bertz CT molecular complexity index is 2040. The summed E-state index contributed by atoms with van der Waals surface area (Å²) in [4.78, 5) is 28.6. The molecule has 1 amide bonds. The predicted molar refractivity (Wildman–Crippen MR) is 168 cm³/mol. The zero-order chi connectivity index (χ0) is 32.5. The number of anilines is 2. The number of sulfonamides is 1.